The summed E-state index contributed by atoms with van der Waals surface area (Å²) in [7, 11) is -4.42. The molecule has 0 aliphatic heterocycles. The van der Waals surface area contributed by atoms with Gasteiger partial charge in [-0.05, 0) is 12.5 Å². The zero-order valence-electron chi connectivity index (χ0n) is 15.3. The summed E-state index contributed by atoms with van der Waals surface area (Å²) in [5.41, 5.74) is 0. The standard InChI is InChI=1S/C22H26O4S/c1-2-3-4-5-6-7-8-9-10-11-12-13-14-15-16-17-18-19-20-21-22-26-27(23,24)25/h3-22H,2H2,1H3,(H,23,24,25). The predicted molar refractivity (Wildman–Crippen MR) is 114 cm³/mol. The predicted octanol–water partition coefficient (Wildman–Crippen LogP) is 5.74. The summed E-state index contributed by atoms with van der Waals surface area (Å²) in [6, 6.07) is 0. The number of rotatable bonds is 12. The van der Waals surface area contributed by atoms with Crippen LogP contribution in [0.15, 0.2) is 122 Å². The van der Waals surface area contributed by atoms with E-state index in [1.165, 1.54) is 6.08 Å². The number of allylic oxidation sites excluding steroid dienone is 19. The van der Waals surface area contributed by atoms with E-state index in [1.54, 1.807) is 18.2 Å². The molecule has 0 radical (unpaired) electrons. The van der Waals surface area contributed by atoms with Crippen molar-refractivity contribution >= 4 is 10.4 Å². The zero-order chi connectivity index (χ0) is 20.1. The zero-order valence-corrected chi connectivity index (χ0v) is 16.2. The Morgan fingerprint density at radius 1 is 0.593 bits per heavy atom. The second kappa shape index (κ2) is 17.9. The van der Waals surface area contributed by atoms with Crippen molar-refractivity contribution in [1.29, 1.82) is 0 Å². The van der Waals surface area contributed by atoms with Gasteiger partial charge in [0.05, 0.1) is 0 Å². The minimum atomic E-state index is -4.42. The fourth-order valence-corrected chi connectivity index (χ4v) is 1.59. The van der Waals surface area contributed by atoms with Crippen LogP contribution in [0.2, 0.25) is 0 Å². The van der Waals surface area contributed by atoms with Crippen LogP contribution >= 0.6 is 0 Å². The Labute approximate surface area is 162 Å². The van der Waals surface area contributed by atoms with E-state index in [-0.39, 0.29) is 0 Å². The lowest BCUT2D eigenvalue weighted by Gasteiger charge is -1.89. The van der Waals surface area contributed by atoms with Crippen molar-refractivity contribution in [2.45, 2.75) is 13.3 Å². The van der Waals surface area contributed by atoms with Crippen molar-refractivity contribution in [3.63, 3.8) is 0 Å². The number of hydrogen-bond acceptors (Lipinski definition) is 3. The molecule has 0 saturated heterocycles. The highest BCUT2D eigenvalue weighted by molar-refractivity contribution is 7.81. The summed E-state index contributed by atoms with van der Waals surface area (Å²) >= 11 is 0. The van der Waals surface area contributed by atoms with Gasteiger partial charge in [-0.3, -0.25) is 4.55 Å². The lowest BCUT2D eigenvalue weighted by molar-refractivity contribution is 0.356. The molecule has 27 heavy (non-hydrogen) atoms. The second-order valence-electron chi connectivity index (χ2n) is 4.77. The van der Waals surface area contributed by atoms with Crippen molar-refractivity contribution in [3.8, 4) is 0 Å². The Hall–Kier alpha value is -2.89. The molecular formula is C22H26O4S. The molecule has 0 aromatic heterocycles. The van der Waals surface area contributed by atoms with E-state index >= 15 is 0 Å². The monoisotopic (exact) mass is 386 g/mol. The first kappa shape index (κ1) is 24.1. The van der Waals surface area contributed by atoms with Crippen LogP contribution < -0.4 is 0 Å². The van der Waals surface area contributed by atoms with Gasteiger partial charge < -0.3 is 4.18 Å². The second-order valence-corrected chi connectivity index (χ2v) is 5.82. The normalized spacial score (nSPS) is 14.7. The first-order chi connectivity index (χ1) is 13.1. The molecular weight excluding hydrogens is 360 g/mol. The lowest BCUT2D eigenvalue weighted by atomic mass is 10.3. The van der Waals surface area contributed by atoms with Gasteiger partial charge in [0.25, 0.3) is 0 Å². The van der Waals surface area contributed by atoms with E-state index in [9.17, 15) is 8.42 Å². The van der Waals surface area contributed by atoms with Gasteiger partial charge >= 0.3 is 10.4 Å². The SMILES string of the molecule is CCC=CC=CC=CC=CC=CC=CC=CC=CC=CC=COS(=O)(=O)O. The third kappa shape index (κ3) is 23.1. The average molecular weight is 387 g/mol. The highest BCUT2D eigenvalue weighted by Crippen LogP contribution is 1.89. The van der Waals surface area contributed by atoms with Crippen molar-refractivity contribution in [2.24, 2.45) is 0 Å². The van der Waals surface area contributed by atoms with Gasteiger partial charge in [-0.2, -0.15) is 8.42 Å². The Morgan fingerprint density at radius 2 is 0.889 bits per heavy atom. The molecule has 0 aliphatic carbocycles. The van der Waals surface area contributed by atoms with E-state index in [1.807, 2.05) is 85.1 Å². The summed E-state index contributed by atoms with van der Waals surface area (Å²) in [5, 5.41) is 0. The van der Waals surface area contributed by atoms with E-state index in [2.05, 4.69) is 17.2 Å². The molecule has 0 spiro atoms. The van der Waals surface area contributed by atoms with Crippen LogP contribution in [0.3, 0.4) is 0 Å². The topological polar surface area (TPSA) is 63.6 Å². The van der Waals surface area contributed by atoms with Crippen LogP contribution in [0.25, 0.3) is 0 Å². The number of hydrogen-bond donors (Lipinski definition) is 1. The van der Waals surface area contributed by atoms with Crippen molar-refractivity contribution in [1.82, 2.24) is 0 Å². The van der Waals surface area contributed by atoms with Crippen LogP contribution in [-0.4, -0.2) is 13.0 Å². The van der Waals surface area contributed by atoms with Gasteiger partial charge in [-0.1, -0.05) is 116 Å². The fourth-order valence-electron chi connectivity index (χ4n) is 1.39. The Balaban J connectivity index is 3.96. The molecule has 5 heteroatoms. The summed E-state index contributed by atoms with van der Waals surface area (Å²) in [6.45, 7) is 2.10. The van der Waals surface area contributed by atoms with E-state index in [0.29, 0.717) is 0 Å². The lowest BCUT2D eigenvalue weighted by Crippen LogP contribution is -1.96. The highest BCUT2D eigenvalue weighted by Gasteiger charge is 1.97. The minimum absolute atomic E-state index is 0.872. The van der Waals surface area contributed by atoms with Gasteiger partial charge in [-0.25, -0.2) is 0 Å². The maximum atomic E-state index is 10.2. The fraction of sp³-hybridized carbons (Fsp3) is 0.0909. The maximum absolute atomic E-state index is 10.2. The van der Waals surface area contributed by atoms with Crippen LogP contribution in [-0.2, 0) is 14.6 Å². The highest BCUT2D eigenvalue weighted by atomic mass is 32.3. The molecule has 0 aromatic rings. The van der Waals surface area contributed by atoms with Gasteiger partial charge in [-0.15, -0.1) is 0 Å². The average Bonchev–Trinajstić information content (AvgIpc) is 2.62. The van der Waals surface area contributed by atoms with Crippen molar-refractivity contribution < 1.29 is 17.2 Å². The van der Waals surface area contributed by atoms with E-state index in [0.717, 1.165) is 12.7 Å². The van der Waals surface area contributed by atoms with Gasteiger partial charge in [0.2, 0.25) is 0 Å². The largest absolute Gasteiger partial charge is 0.445 e. The molecule has 0 aromatic carbocycles. The summed E-state index contributed by atoms with van der Waals surface area (Å²) in [5.74, 6) is 0. The molecule has 0 fully saturated rings. The molecule has 0 unspecified atom stereocenters. The first-order valence-corrected chi connectivity index (χ1v) is 9.73. The summed E-state index contributed by atoms with van der Waals surface area (Å²) < 4.78 is 32.8. The summed E-state index contributed by atoms with van der Waals surface area (Å²) in [6.07, 6.45) is 37.4. The molecule has 144 valence electrons. The van der Waals surface area contributed by atoms with Crippen LogP contribution in [0.4, 0.5) is 0 Å². The Morgan fingerprint density at radius 3 is 1.19 bits per heavy atom. The minimum Gasteiger partial charge on any atom is -0.370 e. The molecule has 0 saturated carbocycles. The molecule has 0 heterocycles. The Kier molecular flexibility index (Phi) is 16.0. The molecule has 1 N–H and O–H groups in total. The van der Waals surface area contributed by atoms with Gasteiger partial charge in [0.15, 0.2) is 0 Å². The van der Waals surface area contributed by atoms with Gasteiger partial charge in [0.1, 0.15) is 6.26 Å². The van der Waals surface area contributed by atoms with Crippen LogP contribution in [0.1, 0.15) is 13.3 Å². The molecule has 0 aliphatic rings. The van der Waals surface area contributed by atoms with Crippen molar-refractivity contribution in [2.75, 3.05) is 0 Å². The third-order valence-electron chi connectivity index (χ3n) is 2.52. The van der Waals surface area contributed by atoms with Crippen molar-refractivity contribution in [3.05, 3.63) is 122 Å². The maximum Gasteiger partial charge on any atom is 0.445 e. The quantitative estimate of drug-likeness (QED) is 0.264. The third-order valence-corrected chi connectivity index (χ3v) is 2.87. The molecule has 4 nitrogen and oxygen atoms in total. The van der Waals surface area contributed by atoms with E-state index in [4.69, 9.17) is 4.55 Å². The van der Waals surface area contributed by atoms with Crippen LogP contribution in [0, 0.1) is 0 Å². The van der Waals surface area contributed by atoms with Crippen LogP contribution in [0.5, 0.6) is 0 Å². The van der Waals surface area contributed by atoms with E-state index < -0.39 is 10.4 Å². The first-order valence-electron chi connectivity index (χ1n) is 8.37. The molecule has 0 atom stereocenters. The molecule has 0 rings (SSSR count). The molecule has 0 amide bonds. The van der Waals surface area contributed by atoms with Gasteiger partial charge in [0, 0.05) is 0 Å². The molecule has 0 bridgehead atoms. The Bertz CT molecular complexity index is 769. The summed E-state index contributed by atoms with van der Waals surface area (Å²) in [4.78, 5) is 0. The smallest absolute Gasteiger partial charge is 0.370 e.